The molecule has 1 aliphatic heterocycles. The van der Waals surface area contributed by atoms with Crippen LogP contribution in [-0.4, -0.2) is 27.3 Å². The Balaban J connectivity index is 2.11. The van der Waals surface area contributed by atoms with Crippen molar-refractivity contribution in [2.24, 2.45) is 0 Å². The molecule has 0 N–H and O–H groups in total. The maximum Gasteiger partial charge on any atom is 0.433 e. The minimum atomic E-state index is -4.65. The van der Waals surface area contributed by atoms with E-state index in [1.807, 2.05) is 4.90 Å². The van der Waals surface area contributed by atoms with Crippen LogP contribution in [0.2, 0.25) is 0 Å². The molecule has 24 heavy (non-hydrogen) atoms. The van der Waals surface area contributed by atoms with Crippen LogP contribution in [0.4, 0.5) is 17.6 Å². The fourth-order valence-corrected chi connectivity index (χ4v) is 4.33. The summed E-state index contributed by atoms with van der Waals surface area (Å²) in [5.74, 6) is -0.806. The van der Waals surface area contributed by atoms with Gasteiger partial charge in [-0.15, -0.1) is 0 Å². The molecule has 0 aliphatic carbocycles. The van der Waals surface area contributed by atoms with E-state index < -0.39 is 17.7 Å². The van der Waals surface area contributed by atoms with Gasteiger partial charge in [0.15, 0.2) is 5.82 Å². The third-order valence-corrected chi connectivity index (χ3v) is 5.60. The Kier molecular flexibility index (Phi) is 5.04. The minimum absolute atomic E-state index is 0.254. The van der Waals surface area contributed by atoms with Crippen LogP contribution < -0.4 is 0 Å². The molecule has 9 heteroatoms. The Morgan fingerprint density at radius 1 is 1.21 bits per heavy atom. The van der Waals surface area contributed by atoms with Gasteiger partial charge in [-0.25, -0.2) is 9.37 Å². The van der Waals surface area contributed by atoms with Crippen molar-refractivity contribution < 1.29 is 17.6 Å². The number of hydrogen-bond acceptors (Lipinski definition) is 3. The molecule has 1 aliphatic rings. The van der Waals surface area contributed by atoms with Gasteiger partial charge in [0.25, 0.3) is 0 Å². The average Bonchev–Trinajstić information content (AvgIpc) is 3.01. The quantitative estimate of drug-likeness (QED) is 0.325. The van der Waals surface area contributed by atoms with Crippen LogP contribution in [0.25, 0.3) is 10.9 Å². The van der Waals surface area contributed by atoms with Crippen LogP contribution in [-0.2, 0) is 6.18 Å². The smallest absolute Gasteiger partial charge is 0.357 e. The maximum atomic E-state index is 14.1. The molecule has 1 saturated heterocycles. The molecule has 128 valence electrons. The number of halogens is 5. The van der Waals surface area contributed by atoms with Crippen molar-refractivity contribution in [3.8, 4) is 0 Å². The third-order valence-electron chi connectivity index (χ3n) is 3.65. The zero-order chi connectivity index (χ0) is 17.5. The number of alkyl halides is 3. The van der Waals surface area contributed by atoms with Gasteiger partial charge in [0, 0.05) is 27.8 Å². The van der Waals surface area contributed by atoms with Crippen molar-refractivity contribution in [3.05, 3.63) is 34.2 Å². The second kappa shape index (κ2) is 6.76. The lowest BCUT2D eigenvalue weighted by Crippen LogP contribution is -2.23. The van der Waals surface area contributed by atoms with Crippen LogP contribution in [0.3, 0.4) is 0 Å². The topological polar surface area (TPSA) is 16.1 Å². The number of thiocarbonyl (C=S) groups is 1. The Labute approximate surface area is 153 Å². The Morgan fingerprint density at radius 3 is 2.50 bits per heavy atom. The first-order valence-corrected chi connectivity index (χ1v) is 9.11. The van der Waals surface area contributed by atoms with E-state index in [4.69, 9.17) is 12.2 Å². The number of rotatable bonds is 1. The van der Waals surface area contributed by atoms with Crippen LogP contribution in [0.5, 0.6) is 0 Å². The van der Waals surface area contributed by atoms with Crippen molar-refractivity contribution in [1.29, 1.82) is 0 Å². The van der Waals surface area contributed by atoms with E-state index in [9.17, 15) is 17.6 Å². The Morgan fingerprint density at radius 2 is 1.88 bits per heavy atom. The largest absolute Gasteiger partial charge is 0.433 e. The van der Waals surface area contributed by atoms with E-state index in [1.165, 1.54) is 0 Å². The first kappa shape index (κ1) is 17.9. The van der Waals surface area contributed by atoms with Crippen LogP contribution in [0.1, 0.15) is 18.5 Å². The lowest BCUT2D eigenvalue weighted by molar-refractivity contribution is -0.141. The lowest BCUT2D eigenvalue weighted by Gasteiger charge is -2.19. The summed E-state index contributed by atoms with van der Waals surface area (Å²) in [6.45, 7) is 1.58. The summed E-state index contributed by atoms with van der Waals surface area (Å²) < 4.78 is 54.3. The highest BCUT2D eigenvalue weighted by Crippen LogP contribution is 2.37. The van der Waals surface area contributed by atoms with Crippen molar-refractivity contribution in [1.82, 2.24) is 9.88 Å². The summed E-state index contributed by atoms with van der Waals surface area (Å²) in [5.41, 5.74) is -1.43. The molecule has 0 bridgehead atoms. The molecule has 1 aromatic carbocycles. The second-order valence-electron chi connectivity index (χ2n) is 5.35. The number of aromatic nitrogens is 1. The van der Waals surface area contributed by atoms with Gasteiger partial charge in [-0.05, 0) is 31.0 Å². The zero-order valence-electron chi connectivity index (χ0n) is 12.2. The first-order chi connectivity index (χ1) is 11.3. The average molecular weight is 439 g/mol. The number of pyridine rings is 1. The van der Waals surface area contributed by atoms with Gasteiger partial charge in [0.1, 0.15) is 15.5 Å². The molecule has 1 aromatic heterocycles. The lowest BCUT2D eigenvalue weighted by atomic mass is 10.2. The molecule has 0 atom stereocenters. The summed E-state index contributed by atoms with van der Waals surface area (Å²) in [6.07, 6.45) is -2.64. The van der Waals surface area contributed by atoms with E-state index in [2.05, 4.69) is 20.9 Å². The molecule has 2 heterocycles. The zero-order valence-corrected chi connectivity index (χ0v) is 15.4. The number of fused-ring (bicyclic) bond motifs is 1. The standard InChI is InChI=1S/C15H11BrF4N2S2/c16-8-5-9-11(24-14(23)22-3-1-2-4-22)7-12(15(18,19)20)21-13(9)10(17)6-8/h5-7H,1-4H2. The molecule has 0 unspecified atom stereocenters. The number of likely N-dealkylation sites (tertiary alicyclic amines) is 1. The van der Waals surface area contributed by atoms with Gasteiger partial charge in [0.2, 0.25) is 0 Å². The fraction of sp³-hybridized carbons (Fsp3) is 0.333. The van der Waals surface area contributed by atoms with Crippen molar-refractivity contribution in [2.75, 3.05) is 13.1 Å². The van der Waals surface area contributed by atoms with E-state index in [-0.39, 0.29) is 10.4 Å². The van der Waals surface area contributed by atoms with Gasteiger partial charge in [-0.1, -0.05) is 39.9 Å². The summed E-state index contributed by atoms with van der Waals surface area (Å²) in [5, 5.41) is 0.307. The fourth-order valence-electron chi connectivity index (χ4n) is 2.51. The van der Waals surface area contributed by atoms with E-state index in [0.29, 0.717) is 14.2 Å². The first-order valence-electron chi connectivity index (χ1n) is 7.09. The Hall–Kier alpha value is -0.930. The summed E-state index contributed by atoms with van der Waals surface area (Å²) in [6, 6.07) is 3.59. The SMILES string of the molecule is Fc1cc(Br)cc2c(SC(=S)N3CCCC3)cc(C(F)(F)F)nc12. The van der Waals surface area contributed by atoms with Gasteiger partial charge in [0.05, 0.1) is 0 Å². The molecule has 0 amide bonds. The number of benzene rings is 1. The van der Waals surface area contributed by atoms with E-state index in [0.717, 1.165) is 49.8 Å². The van der Waals surface area contributed by atoms with Crippen LogP contribution in [0, 0.1) is 5.82 Å². The molecule has 2 nitrogen and oxygen atoms in total. The molecule has 0 saturated carbocycles. The third kappa shape index (κ3) is 3.67. The van der Waals surface area contributed by atoms with Gasteiger partial charge in [-0.2, -0.15) is 13.2 Å². The minimum Gasteiger partial charge on any atom is -0.357 e. The van der Waals surface area contributed by atoms with Crippen LogP contribution >= 0.6 is 39.9 Å². The van der Waals surface area contributed by atoms with Gasteiger partial charge >= 0.3 is 6.18 Å². The maximum absolute atomic E-state index is 14.1. The Bertz CT molecular complexity index is 804. The summed E-state index contributed by atoms with van der Waals surface area (Å²) in [7, 11) is 0. The van der Waals surface area contributed by atoms with Crippen molar-refractivity contribution >= 4 is 55.1 Å². The molecular weight excluding hydrogens is 428 g/mol. The van der Waals surface area contributed by atoms with Crippen molar-refractivity contribution in [2.45, 2.75) is 23.9 Å². The molecule has 2 aromatic rings. The molecule has 0 spiro atoms. The van der Waals surface area contributed by atoms with E-state index in [1.54, 1.807) is 6.07 Å². The summed E-state index contributed by atoms with van der Waals surface area (Å²) in [4.78, 5) is 5.67. The molecule has 3 rings (SSSR count). The number of thioether (sulfide) groups is 1. The molecule has 0 radical (unpaired) electrons. The van der Waals surface area contributed by atoms with Crippen LogP contribution in [0.15, 0.2) is 27.6 Å². The highest BCUT2D eigenvalue weighted by atomic mass is 79.9. The monoisotopic (exact) mass is 438 g/mol. The highest BCUT2D eigenvalue weighted by Gasteiger charge is 2.34. The highest BCUT2D eigenvalue weighted by molar-refractivity contribution is 9.10. The van der Waals surface area contributed by atoms with Gasteiger partial charge in [-0.3, -0.25) is 0 Å². The second-order valence-corrected chi connectivity index (χ2v) is 7.94. The number of nitrogens with zero attached hydrogens (tertiary/aromatic N) is 2. The predicted octanol–water partition coefficient (Wildman–Crippen LogP) is 5.63. The molecular formula is C15H11BrF4N2S2. The van der Waals surface area contributed by atoms with Crippen molar-refractivity contribution in [3.63, 3.8) is 0 Å². The normalized spacial score (nSPS) is 15.3. The number of hydrogen-bond donors (Lipinski definition) is 0. The predicted molar refractivity (Wildman–Crippen MR) is 93.7 cm³/mol. The molecule has 1 fully saturated rings. The van der Waals surface area contributed by atoms with E-state index >= 15 is 0 Å². The summed E-state index contributed by atoms with van der Waals surface area (Å²) >= 11 is 9.56. The van der Waals surface area contributed by atoms with Gasteiger partial charge < -0.3 is 4.90 Å².